The van der Waals surface area contributed by atoms with Crippen LogP contribution in [0.15, 0.2) is 52.0 Å². The van der Waals surface area contributed by atoms with Crippen LogP contribution in [0.2, 0.25) is 10.0 Å². The van der Waals surface area contributed by atoms with Gasteiger partial charge >= 0.3 is 6.03 Å². The summed E-state index contributed by atoms with van der Waals surface area (Å²) in [5.74, 6) is -0.390. The summed E-state index contributed by atoms with van der Waals surface area (Å²) in [4.78, 5) is 24.0. The molecule has 0 radical (unpaired) electrons. The van der Waals surface area contributed by atoms with Crippen LogP contribution in [0.3, 0.4) is 0 Å². The second-order valence-corrected chi connectivity index (χ2v) is 8.54. The number of hydrogen-bond acceptors (Lipinski definition) is 6. The molecule has 0 spiro atoms. The van der Waals surface area contributed by atoms with Crippen LogP contribution in [0.1, 0.15) is 10.6 Å². The highest BCUT2D eigenvalue weighted by atomic mass is 79.9. The molecule has 1 heterocycles. The molecule has 0 saturated heterocycles. The lowest BCUT2D eigenvalue weighted by atomic mass is 10.2. The number of rotatable bonds is 6. The van der Waals surface area contributed by atoms with Crippen LogP contribution >= 0.6 is 50.5 Å². The first-order valence-corrected chi connectivity index (χ1v) is 10.7. The maximum absolute atomic E-state index is 12.0. The largest absolute Gasteiger partial charge is 0.325 e. The number of anilines is 2. The lowest BCUT2D eigenvalue weighted by Gasteiger charge is -2.04. The molecule has 154 valence electrons. The zero-order valence-corrected chi connectivity index (χ0v) is 18.9. The third kappa shape index (κ3) is 6.77. The summed E-state index contributed by atoms with van der Waals surface area (Å²) in [7, 11) is 0. The number of urea groups is 1. The number of hydrogen-bond donors (Lipinski definition) is 3. The minimum absolute atomic E-state index is 0.0423. The van der Waals surface area contributed by atoms with Gasteiger partial charge in [0.15, 0.2) is 0 Å². The average molecular weight is 528 g/mol. The molecule has 3 N–H and O–H groups in total. The second kappa shape index (κ2) is 10.5. The molecule has 12 heteroatoms. The zero-order chi connectivity index (χ0) is 21.5. The SMILES string of the molecule is O=C(Cc1nnc(NC(=O)Nc2ccc(Br)cc2)s1)N/N=C\c1ccc(Cl)cc1Cl. The molecule has 0 unspecified atom stereocenters. The Bertz CT molecular complexity index is 1090. The van der Waals surface area contributed by atoms with Crippen molar-refractivity contribution in [3.63, 3.8) is 0 Å². The Morgan fingerprint density at radius 2 is 1.87 bits per heavy atom. The van der Waals surface area contributed by atoms with Crippen molar-refractivity contribution in [2.75, 3.05) is 10.6 Å². The first-order valence-electron chi connectivity index (χ1n) is 8.32. The molecule has 0 aliphatic rings. The number of amides is 3. The summed E-state index contributed by atoms with van der Waals surface area (Å²) in [5.41, 5.74) is 3.62. The van der Waals surface area contributed by atoms with Gasteiger partial charge in [0, 0.05) is 20.7 Å². The Labute approximate surface area is 193 Å². The van der Waals surface area contributed by atoms with Crippen LogP contribution < -0.4 is 16.1 Å². The van der Waals surface area contributed by atoms with Gasteiger partial charge < -0.3 is 5.32 Å². The number of halogens is 3. The minimum Gasteiger partial charge on any atom is -0.308 e. The van der Waals surface area contributed by atoms with Crippen LogP contribution in [0.5, 0.6) is 0 Å². The highest BCUT2D eigenvalue weighted by molar-refractivity contribution is 9.10. The first-order chi connectivity index (χ1) is 14.4. The molecule has 0 atom stereocenters. The predicted octanol–water partition coefficient (Wildman–Crippen LogP) is 4.94. The maximum Gasteiger partial charge on any atom is 0.325 e. The number of hydrazone groups is 1. The van der Waals surface area contributed by atoms with Gasteiger partial charge in [0.25, 0.3) is 0 Å². The molecule has 0 aliphatic heterocycles. The molecular formula is C18H13BrCl2N6O2S. The Kier molecular flexibility index (Phi) is 7.75. The summed E-state index contributed by atoms with van der Waals surface area (Å²) in [5, 5.41) is 18.5. The Hall–Kier alpha value is -2.53. The van der Waals surface area contributed by atoms with E-state index in [-0.39, 0.29) is 11.6 Å². The van der Waals surface area contributed by atoms with Crippen LogP contribution in [0.4, 0.5) is 15.6 Å². The fourth-order valence-electron chi connectivity index (χ4n) is 2.13. The summed E-state index contributed by atoms with van der Waals surface area (Å²) < 4.78 is 0.904. The smallest absolute Gasteiger partial charge is 0.308 e. The highest BCUT2D eigenvalue weighted by Crippen LogP contribution is 2.20. The molecule has 0 fully saturated rings. The number of carbonyl (C=O) groups excluding carboxylic acids is 2. The molecule has 3 aromatic rings. The van der Waals surface area contributed by atoms with Crippen molar-refractivity contribution < 1.29 is 9.59 Å². The van der Waals surface area contributed by atoms with E-state index >= 15 is 0 Å². The standard InChI is InChI=1S/C18H13BrCl2N6O2S/c19-11-2-5-13(6-3-11)23-17(29)24-18-27-26-16(30-18)8-15(28)25-22-9-10-1-4-12(20)7-14(10)21/h1-7,9H,8H2,(H,25,28)(H2,23,24,27,29)/b22-9-. The molecular weight excluding hydrogens is 515 g/mol. The quantitative estimate of drug-likeness (QED) is 0.311. The van der Waals surface area contributed by atoms with Gasteiger partial charge in [-0.15, -0.1) is 10.2 Å². The molecule has 1 aromatic heterocycles. The molecule has 30 heavy (non-hydrogen) atoms. The van der Waals surface area contributed by atoms with Crippen LogP contribution in [-0.2, 0) is 11.2 Å². The molecule has 0 aliphatic carbocycles. The fourth-order valence-corrected chi connectivity index (χ4v) is 3.58. The third-order valence-corrected chi connectivity index (χ3v) is 5.39. The van der Waals surface area contributed by atoms with Crippen molar-refractivity contribution in [2.24, 2.45) is 5.10 Å². The van der Waals surface area contributed by atoms with Gasteiger partial charge in [0.05, 0.1) is 17.7 Å². The normalized spacial score (nSPS) is 10.8. The first kappa shape index (κ1) is 22.2. The summed E-state index contributed by atoms with van der Waals surface area (Å²) >= 11 is 16.3. The van der Waals surface area contributed by atoms with E-state index in [0.717, 1.165) is 15.8 Å². The van der Waals surface area contributed by atoms with Crippen molar-refractivity contribution in [2.45, 2.75) is 6.42 Å². The molecule has 3 amide bonds. The minimum atomic E-state index is -0.464. The van der Waals surface area contributed by atoms with Crippen LogP contribution in [0.25, 0.3) is 0 Å². The van der Waals surface area contributed by atoms with Crippen LogP contribution in [-0.4, -0.2) is 28.4 Å². The number of benzene rings is 2. The van der Waals surface area contributed by atoms with Gasteiger partial charge in [-0.25, -0.2) is 10.2 Å². The number of nitrogens with one attached hydrogen (secondary N) is 3. The lowest BCUT2D eigenvalue weighted by Crippen LogP contribution is -2.19. The average Bonchev–Trinajstić information content (AvgIpc) is 3.12. The van der Waals surface area contributed by atoms with Crippen LogP contribution in [0, 0.1) is 0 Å². The van der Waals surface area contributed by atoms with Gasteiger partial charge in [-0.2, -0.15) is 5.10 Å². The van der Waals surface area contributed by atoms with E-state index in [1.165, 1.54) is 6.21 Å². The van der Waals surface area contributed by atoms with Gasteiger partial charge in [0.1, 0.15) is 5.01 Å². The van der Waals surface area contributed by atoms with Gasteiger partial charge in [0.2, 0.25) is 11.0 Å². The van der Waals surface area contributed by atoms with E-state index in [9.17, 15) is 9.59 Å². The molecule has 0 bridgehead atoms. The molecule has 2 aromatic carbocycles. The topological polar surface area (TPSA) is 108 Å². The molecule has 3 rings (SSSR count). The van der Waals surface area contributed by atoms with Gasteiger partial charge in [-0.05, 0) is 36.4 Å². The van der Waals surface area contributed by atoms with Gasteiger partial charge in [-0.1, -0.05) is 56.5 Å². The lowest BCUT2D eigenvalue weighted by molar-refractivity contribution is -0.120. The summed E-state index contributed by atoms with van der Waals surface area (Å²) in [6, 6.07) is 11.6. The maximum atomic E-state index is 12.0. The third-order valence-electron chi connectivity index (χ3n) is 3.46. The van der Waals surface area contributed by atoms with Crippen molar-refractivity contribution in [3.8, 4) is 0 Å². The van der Waals surface area contributed by atoms with Crippen molar-refractivity contribution >= 4 is 79.4 Å². The number of carbonyl (C=O) groups is 2. The molecule has 8 nitrogen and oxygen atoms in total. The van der Waals surface area contributed by atoms with Crippen molar-refractivity contribution in [1.82, 2.24) is 15.6 Å². The number of nitrogens with zero attached hydrogens (tertiary/aromatic N) is 3. The monoisotopic (exact) mass is 526 g/mol. The van der Waals surface area contributed by atoms with E-state index in [2.05, 4.69) is 47.3 Å². The van der Waals surface area contributed by atoms with E-state index in [1.807, 2.05) is 0 Å². The highest BCUT2D eigenvalue weighted by Gasteiger charge is 2.11. The van der Waals surface area contributed by atoms with Gasteiger partial charge in [-0.3, -0.25) is 10.1 Å². The summed E-state index contributed by atoms with van der Waals surface area (Å²) in [6.07, 6.45) is 1.37. The van der Waals surface area contributed by atoms with Crippen molar-refractivity contribution in [1.29, 1.82) is 0 Å². The molecule has 0 saturated carbocycles. The zero-order valence-electron chi connectivity index (χ0n) is 15.0. The Morgan fingerprint density at radius 1 is 1.10 bits per heavy atom. The van der Waals surface area contributed by atoms with E-state index in [1.54, 1.807) is 42.5 Å². The predicted molar refractivity (Wildman–Crippen MR) is 123 cm³/mol. The summed E-state index contributed by atoms with van der Waals surface area (Å²) in [6.45, 7) is 0. The fraction of sp³-hybridized carbons (Fsp3) is 0.0556. The van der Waals surface area contributed by atoms with E-state index < -0.39 is 11.9 Å². The van der Waals surface area contributed by atoms with E-state index in [4.69, 9.17) is 23.2 Å². The van der Waals surface area contributed by atoms with Crippen molar-refractivity contribution in [3.05, 3.63) is 67.6 Å². The Balaban J connectivity index is 1.48. The van der Waals surface area contributed by atoms with E-state index in [0.29, 0.717) is 26.3 Å². The Morgan fingerprint density at radius 3 is 2.60 bits per heavy atom. The number of aromatic nitrogens is 2. The second-order valence-electron chi connectivity index (χ2n) is 5.72.